The van der Waals surface area contributed by atoms with Crippen molar-refractivity contribution in [2.75, 3.05) is 5.32 Å². The van der Waals surface area contributed by atoms with Crippen LogP contribution in [-0.2, 0) is 0 Å². The van der Waals surface area contributed by atoms with Gasteiger partial charge in [-0.3, -0.25) is 0 Å². The number of hydrogen-bond donors (Lipinski definition) is 1. The van der Waals surface area contributed by atoms with E-state index < -0.39 is 0 Å². The van der Waals surface area contributed by atoms with E-state index in [1.54, 1.807) is 6.20 Å². The van der Waals surface area contributed by atoms with Gasteiger partial charge in [0.2, 0.25) is 5.28 Å². The van der Waals surface area contributed by atoms with Crippen LogP contribution in [0, 0.1) is 12.8 Å². The smallest absolute Gasteiger partial charge is 0.224 e. The van der Waals surface area contributed by atoms with Gasteiger partial charge in [-0.15, -0.1) is 0 Å². The second kappa shape index (κ2) is 4.60. The van der Waals surface area contributed by atoms with E-state index in [-0.39, 0.29) is 5.28 Å². The first-order valence-electron chi connectivity index (χ1n) is 4.76. The molecule has 14 heavy (non-hydrogen) atoms. The van der Waals surface area contributed by atoms with Crippen molar-refractivity contribution < 1.29 is 0 Å². The minimum atomic E-state index is 0.286. The molecular formula is C10H16ClN3. The Labute approximate surface area is 89.9 Å². The maximum atomic E-state index is 5.72. The zero-order valence-corrected chi connectivity index (χ0v) is 9.76. The lowest BCUT2D eigenvalue weighted by Crippen LogP contribution is -2.22. The molecule has 1 atom stereocenters. The van der Waals surface area contributed by atoms with E-state index in [4.69, 9.17) is 11.6 Å². The van der Waals surface area contributed by atoms with E-state index in [0.29, 0.717) is 12.0 Å². The van der Waals surface area contributed by atoms with E-state index in [2.05, 4.69) is 36.1 Å². The van der Waals surface area contributed by atoms with Gasteiger partial charge in [0.15, 0.2) is 0 Å². The lowest BCUT2D eigenvalue weighted by molar-refractivity contribution is 0.558. The first kappa shape index (κ1) is 11.2. The van der Waals surface area contributed by atoms with Gasteiger partial charge in [0.25, 0.3) is 0 Å². The molecule has 0 amide bonds. The van der Waals surface area contributed by atoms with Crippen LogP contribution in [0.2, 0.25) is 5.28 Å². The van der Waals surface area contributed by atoms with E-state index in [9.17, 15) is 0 Å². The standard InChI is InChI=1S/C10H16ClN3/c1-6(2)8(4)13-9-7(3)5-12-10(11)14-9/h5-6,8H,1-4H3,(H,12,13,14). The quantitative estimate of drug-likeness (QED) is 0.785. The Balaban J connectivity index is 2.80. The van der Waals surface area contributed by atoms with Crippen LogP contribution < -0.4 is 5.32 Å². The van der Waals surface area contributed by atoms with Gasteiger partial charge in [-0.25, -0.2) is 9.97 Å². The number of anilines is 1. The van der Waals surface area contributed by atoms with Crippen LogP contribution in [-0.4, -0.2) is 16.0 Å². The Morgan fingerprint density at radius 2 is 2.00 bits per heavy atom. The maximum Gasteiger partial charge on any atom is 0.224 e. The second-order valence-corrected chi connectivity index (χ2v) is 4.19. The maximum absolute atomic E-state index is 5.72. The molecule has 0 fully saturated rings. The molecule has 0 aromatic carbocycles. The summed E-state index contributed by atoms with van der Waals surface area (Å²) < 4.78 is 0. The van der Waals surface area contributed by atoms with Gasteiger partial charge in [0.1, 0.15) is 5.82 Å². The molecule has 0 aliphatic heterocycles. The van der Waals surface area contributed by atoms with Crippen molar-refractivity contribution in [3.63, 3.8) is 0 Å². The van der Waals surface area contributed by atoms with E-state index >= 15 is 0 Å². The number of nitrogens with zero attached hydrogens (tertiary/aromatic N) is 2. The SMILES string of the molecule is Cc1cnc(Cl)nc1NC(C)C(C)C. The third-order valence-corrected chi connectivity index (χ3v) is 2.49. The Morgan fingerprint density at radius 1 is 1.36 bits per heavy atom. The van der Waals surface area contributed by atoms with Crippen molar-refractivity contribution in [3.8, 4) is 0 Å². The summed E-state index contributed by atoms with van der Waals surface area (Å²) in [7, 11) is 0. The Morgan fingerprint density at radius 3 is 2.57 bits per heavy atom. The molecule has 0 radical (unpaired) electrons. The molecule has 1 unspecified atom stereocenters. The van der Waals surface area contributed by atoms with Gasteiger partial charge >= 0.3 is 0 Å². The molecule has 4 heteroatoms. The van der Waals surface area contributed by atoms with E-state index in [1.807, 2.05) is 6.92 Å². The zero-order valence-electron chi connectivity index (χ0n) is 9.00. The Hall–Kier alpha value is -0.830. The molecule has 0 spiro atoms. The fraction of sp³-hybridized carbons (Fsp3) is 0.600. The lowest BCUT2D eigenvalue weighted by atomic mass is 10.1. The van der Waals surface area contributed by atoms with Crippen LogP contribution >= 0.6 is 11.6 Å². The summed E-state index contributed by atoms with van der Waals surface area (Å²) in [4.78, 5) is 8.04. The molecule has 3 nitrogen and oxygen atoms in total. The monoisotopic (exact) mass is 213 g/mol. The highest BCUT2D eigenvalue weighted by Crippen LogP contribution is 2.15. The largest absolute Gasteiger partial charge is 0.367 e. The van der Waals surface area contributed by atoms with Crippen LogP contribution in [0.15, 0.2) is 6.20 Å². The summed E-state index contributed by atoms with van der Waals surface area (Å²) in [6, 6.07) is 0.375. The Kier molecular flexibility index (Phi) is 3.69. The predicted molar refractivity (Wildman–Crippen MR) is 59.7 cm³/mol. The van der Waals surface area contributed by atoms with Crippen molar-refractivity contribution in [2.24, 2.45) is 5.92 Å². The minimum absolute atomic E-state index is 0.286. The van der Waals surface area contributed by atoms with Crippen molar-refractivity contribution in [2.45, 2.75) is 33.7 Å². The predicted octanol–water partition coefficient (Wildman–Crippen LogP) is 2.89. The first-order valence-corrected chi connectivity index (χ1v) is 5.14. The molecule has 0 aliphatic carbocycles. The lowest BCUT2D eigenvalue weighted by Gasteiger charge is -2.19. The van der Waals surface area contributed by atoms with E-state index in [0.717, 1.165) is 11.4 Å². The van der Waals surface area contributed by atoms with Crippen molar-refractivity contribution in [1.29, 1.82) is 0 Å². The molecule has 1 aromatic heterocycles. The van der Waals surface area contributed by atoms with E-state index in [1.165, 1.54) is 0 Å². The molecule has 1 aromatic rings. The van der Waals surface area contributed by atoms with Crippen LogP contribution in [0.1, 0.15) is 26.3 Å². The second-order valence-electron chi connectivity index (χ2n) is 3.85. The highest BCUT2D eigenvalue weighted by molar-refractivity contribution is 6.28. The van der Waals surface area contributed by atoms with Gasteiger partial charge in [-0.1, -0.05) is 13.8 Å². The number of aryl methyl sites for hydroxylation is 1. The average molecular weight is 214 g/mol. The third kappa shape index (κ3) is 2.84. The number of halogens is 1. The number of aromatic nitrogens is 2. The summed E-state index contributed by atoms with van der Waals surface area (Å²) in [6.07, 6.45) is 1.73. The molecule has 0 saturated carbocycles. The number of rotatable bonds is 3. The fourth-order valence-corrected chi connectivity index (χ4v) is 1.08. The molecule has 1 rings (SSSR count). The van der Waals surface area contributed by atoms with Gasteiger partial charge in [-0.05, 0) is 31.4 Å². The number of nitrogens with one attached hydrogen (secondary N) is 1. The molecule has 1 N–H and O–H groups in total. The molecule has 78 valence electrons. The summed E-state index contributed by atoms with van der Waals surface area (Å²) in [5.41, 5.74) is 1.02. The minimum Gasteiger partial charge on any atom is -0.367 e. The van der Waals surface area contributed by atoms with Crippen molar-refractivity contribution in [3.05, 3.63) is 17.0 Å². The fourth-order valence-electron chi connectivity index (χ4n) is 0.949. The summed E-state index contributed by atoms with van der Waals surface area (Å²) in [6.45, 7) is 8.41. The summed E-state index contributed by atoms with van der Waals surface area (Å²) >= 11 is 5.72. The molecule has 0 bridgehead atoms. The van der Waals surface area contributed by atoms with Crippen molar-refractivity contribution >= 4 is 17.4 Å². The molecule has 1 heterocycles. The molecular weight excluding hydrogens is 198 g/mol. The van der Waals surface area contributed by atoms with Gasteiger partial charge in [0, 0.05) is 17.8 Å². The summed E-state index contributed by atoms with van der Waals surface area (Å²) in [5, 5.41) is 3.60. The normalized spacial score (nSPS) is 13.0. The summed E-state index contributed by atoms with van der Waals surface area (Å²) in [5.74, 6) is 1.38. The topological polar surface area (TPSA) is 37.8 Å². The van der Waals surface area contributed by atoms with Crippen LogP contribution in [0.3, 0.4) is 0 Å². The third-order valence-electron chi connectivity index (χ3n) is 2.31. The highest BCUT2D eigenvalue weighted by Gasteiger charge is 2.09. The Bertz CT molecular complexity index is 312. The highest BCUT2D eigenvalue weighted by atomic mass is 35.5. The van der Waals surface area contributed by atoms with Crippen LogP contribution in [0.25, 0.3) is 0 Å². The van der Waals surface area contributed by atoms with Gasteiger partial charge in [0.05, 0.1) is 0 Å². The first-order chi connectivity index (χ1) is 6.50. The average Bonchev–Trinajstić information content (AvgIpc) is 2.11. The van der Waals surface area contributed by atoms with Crippen LogP contribution in [0.5, 0.6) is 0 Å². The number of hydrogen-bond acceptors (Lipinski definition) is 3. The molecule has 0 aliphatic rings. The van der Waals surface area contributed by atoms with Crippen LogP contribution in [0.4, 0.5) is 5.82 Å². The zero-order chi connectivity index (χ0) is 10.7. The molecule has 0 saturated heterocycles. The van der Waals surface area contributed by atoms with Crippen molar-refractivity contribution in [1.82, 2.24) is 9.97 Å². The van der Waals surface area contributed by atoms with Gasteiger partial charge < -0.3 is 5.32 Å². The van der Waals surface area contributed by atoms with Gasteiger partial charge in [-0.2, -0.15) is 0 Å².